The first-order chi connectivity index (χ1) is 8.15. The molecule has 0 radical (unpaired) electrons. The lowest BCUT2D eigenvalue weighted by molar-refractivity contribution is 0.144. The zero-order chi connectivity index (χ0) is 12.3. The molecule has 0 atom stereocenters. The molecule has 1 heterocycles. The van der Waals surface area contributed by atoms with Crippen LogP contribution in [0, 0.1) is 0 Å². The van der Waals surface area contributed by atoms with E-state index < -0.39 is 6.16 Å². The van der Waals surface area contributed by atoms with E-state index in [-0.39, 0.29) is 5.75 Å². The van der Waals surface area contributed by atoms with Gasteiger partial charge in [0.05, 0.1) is 12.4 Å². The first-order valence-corrected chi connectivity index (χ1v) is 5.43. The Labute approximate surface area is 105 Å². The number of halogens is 1. The van der Waals surface area contributed by atoms with Gasteiger partial charge in [0.25, 0.3) is 0 Å². The molecular weight excluding hydrogens is 288 g/mol. The van der Waals surface area contributed by atoms with E-state index in [0.717, 1.165) is 10.0 Å². The number of aromatic nitrogens is 2. The van der Waals surface area contributed by atoms with E-state index in [2.05, 4.69) is 30.6 Å². The van der Waals surface area contributed by atoms with Crippen LogP contribution in [0.1, 0.15) is 0 Å². The Bertz CT molecular complexity index is 525. The Balaban J connectivity index is 2.23. The van der Waals surface area contributed by atoms with Crippen LogP contribution >= 0.6 is 15.9 Å². The van der Waals surface area contributed by atoms with Crippen LogP contribution in [0.2, 0.25) is 0 Å². The molecule has 0 unspecified atom stereocenters. The first kappa shape index (κ1) is 11.5. The van der Waals surface area contributed by atoms with Crippen LogP contribution in [-0.4, -0.2) is 21.2 Å². The number of benzene rings is 1. The summed E-state index contributed by atoms with van der Waals surface area (Å²) >= 11 is 3.33. The number of hydrogen-bond donors (Lipinski definition) is 1. The first-order valence-electron chi connectivity index (χ1n) is 4.64. The maximum absolute atomic E-state index is 10.3. The number of nitrogens with zero attached hydrogens (tertiary/aromatic N) is 2. The molecule has 1 aromatic heterocycles. The average molecular weight is 295 g/mol. The lowest BCUT2D eigenvalue weighted by Gasteiger charge is -2.01. The molecule has 0 saturated heterocycles. The third-order valence-electron chi connectivity index (χ3n) is 1.94. The van der Waals surface area contributed by atoms with Gasteiger partial charge in [-0.3, -0.25) is 0 Å². The summed E-state index contributed by atoms with van der Waals surface area (Å²) in [5.41, 5.74) is 0.843. The monoisotopic (exact) mass is 294 g/mol. The summed E-state index contributed by atoms with van der Waals surface area (Å²) in [5.74, 6) is 0.605. The van der Waals surface area contributed by atoms with Gasteiger partial charge in [-0.1, -0.05) is 28.1 Å². The zero-order valence-electron chi connectivity index (χ0n) is 8.50. The SMILES string of the molecule is O=C(O)Oc1cnc(-c2ccc(Br)cc2)nc1. The Morgan fingerprint density at radius 1 is 1.18 bits per heavy atom. The number of hydrogen-bond acceptors (Lipinski definition) is 4. The maximum Gasteiger partial charge on any atom is 0.511 e. The van der Waals surface area contributed by atoms with Gasteiger partial charge in [-0.15, -0.1) is 0 Å². The fourth-order valence-corrected chi connectivity index (χ4v) is 1.48. The third kappa shape index (κ3) is 3.01. The third-order valence-corrected chi connectivity index (χ3v) is 2.46. The van der Waals surface area contributed by atoms with Crippen molar-refractivity contribution < 1.29 is 14.6 Å². The molecule has 0 bridgehead atoms. The van der Waals surface area contributed by atoms with E-state index in [9.17, 15) is 4.79 Å². The fraction of sp³-hybridized carbons (Fsp3) is 0. The molecule has 1 N–H and O–H groups in total. The van der Waals surface area contributed by atoms with Crippen molar-refractivity contribution in [1.29, 1.82) is 0 Å². The Morgan fingerprint density at radius 2 is 1.76 bits per heavy atom. The standard InChI is InChI=1S/C11H7BrN2O3/c12-8-3-1-7(2-4-8)10-13-5-9(6-14-10)17-11(15)16/h1-6H,(H,15,16). The van der Waals surface area contributed by atoms with Crippen molar-refractivity contribution in [1.82, 2.24) is 9.97 Å². The van der Waals surface area contributed by atoms with Crippen molar-refractivity contribution in [3.63, 3.8) is 0 Å². The normalized spacial score (nSPS) is 9.94. The van der Waals surface area contributed by atoms with Crippen molar-refractivity contribution in [3.05, 3.63) is 41.1 Å². The second-order valence-corrected chi connectivity index (χ2v) is 4.03. The molecule has 0 fully saturated rings. The van der Waals surface area contributed by atoms with Crippen molar-refractivity contribution in [2.75, 3.05) is 0 Å². The van der Waals surface area contributed by atoms with Crippen molar-refractivity contribution in [2.45, 2.75) is 0 Å². The van der Waals surface area contributed by atoms with Crippen LogP contribution in [0.25, 0.3) is 11.4 Å². The number of ether oxygens (including phenoxy) is 1. The van der Waals surface area contributed by atoms with Gasteiger partial charge in [0.2, 0.25) is 0 Å². The van der Waals surface area contributed by atoms with E-state index in [4.69, 9.17) is 5.11 Å². The summed E-state index contributed by atoms with van der Waals surface area (Å²) in [4.78, 5) is 18.3. The van der Waals surface area contributed by atoms with Crippen molar-refractivity contribution in [3.8, 4) is 17.1 Å². The minimum absolute atomic E-state index is 0.0957. The Kier molecular flexibility index (Phi) is 3.34. The minimum Gasteiger partial charge on any atom is -0.449 e. The number of rotatable bonds is 2. The smallest absolute Gasteiger partial charge is 0.449 e. The molecule has 2 rings (SSSR count). The van der Waals surface area contributed by atoms with Crippen LogP contribution in [0.3, 0.4) is 0 Å². The molecule has 86 valence electrons. The second kappa shape index (κ2) is 4.92. The van der Waals surface area contributed by atoms with Gasteiger partial charge in [-0.05, 0) is 12.1 Å². The molecular formula is C11H7BrN2O3. The van der Waals surface area contributed by atoms with Crippen LogP contribution in [0.4, 0.5) is 4.79 Å². The van der Waals surface area contributed by atoms with E-state index in [1.165, 1.54) is 12.4 Å². The largest absolute Gasteiger partial charge is 0.511 e. The molecule has 5 nitrogen and oxygen atoms in total. The highest BCUT2D eigenvalue weighted by atomic mass is 79.9. The van der Waals surface area contributed by atoms with Gasteiger partial charge in [-0.2, -0.15) is 0 Å². The van der Waals surface area contributed by atoms with Gasteiger partial charge >= 0.3 is 6.16 Å². The van der Waals surface area contributed by atoms with Crippen LogP contribution < -0.4 is 4.74 Å². The molecule has 0 amide bonds. The molecule has 17 heavy (non-hydrogen) atoms. The molecule has 0 aliphatic rings. The Hall–Kier alpha value is -1.95. The van der Waals surface area contributed by atoms with Crippen molar-refractivity contribution >= 4 is 22.1 Å². The highest BCUT2D eigenvalue weighted by molar-refractivity contribution is 9.10. The van der Waals surface area contributed by atoms with E-state index in [1.807, 2.05) is 24.3 Å². The van der Waals surface area contributed by atoms with Crippen LogP contribution in [0.15, 0.2) is 41.1 Å². The van der Waals surface area contributed by atoms with Gasteiger partial charge in [-0.25, -0.2) is 14.8 Å². The Morgan fingerprint density at radius 3 is 2.29 bits per heavy atom. The topological polar surface area (TPSA) is 72.3 Å². The summed E-state index contributed by atoms with van der Waals surface area (Å²) < 4.78 is 5.37. The predicted molar refractivity (Wildman–Crippen MR) is 63.8 cm³/mol. The lowest BCUT2D eigenvalue weighted by Crippen LogP contribution is -2.03. The summed E-state index contributed by atoms with van der Waals surface area (Å²) in [6.07, 6.45) is 1.25. The van der Waals surface area contributed by atoms with E-state index >= 15 is 0 Å². The van der Waals surface area contributed by atoms with Gasteiger partial charge in [0.1, 0.15) is 0 Å². The van der Waals surface area contributed by atoms with Gasteiger partial charge in [0.15, 0.2) is 11.6 Å². The number of carbonyl (C=O) groups is 1. The van der Waals surface area contributed by atoms with Crippen LogP contribution in [0.5, 0.6) is 5.75 Å². The summed E-state index contributed by atoms with van der Waals surface area (Å²) in [6, 6.07) is 7.47. The summed E-state index contributed by atoms with van der Waals surface area (Å²) in [7, 11) is 0. The average Bonchev–Trinajstić information content (AvgIpc) is 2.30. The molecule has 0 aliphatic heterocycles. The van der Waals surface area contributed by atoms with Crippen molar-refractivity contribution in [2.24, 2.45) is 0 Å². The van der Waals surface area contributed by atoms with Crippen LogP contribution in [-0.2, 0) is 0 Å². The molecule has 2 aromatic rings. The highest BCUT2D eigenvalue weighted by Gasteiger charge is 2.04. The second-order valence-electron chi connectivity index (χ2n) is 3.12. The van der Waals surface area contributed by atoms with E-state index in [0.29, 0.717) is 5.82 Å². The lowest BCUT2D eigenvalue weighted by atomic mass is 10.2. The minimum atomic E-state index is -1.38. The summed E-state index contributed by atoms with van der Waals surface area (Å²) in [5, 5.41) is 8.40. The maximum atomic E-state index is 10.3. The fourth-order valence-electron chi connectivity index (χ4n) is 1.22. The highest BCUT2D eigenvalue weighted by Crippen LogP contribution is 2.19. The van der Waals surface area contributed by atoms with Gasteiger partial charge in [0, 0.05) is 10.0 Å². The molecule has 0 spiro atoms. The molecule has 0 saturated carbocycles. The molecule has 0 aliphatic carbocycles. The zero-order valence-corrected chi connectivity index (χ0v) is 10.1. The molecule has 1 aromatic carbocycles. The summed E-state index contributed by atoms with van der Waals surface area (Å²) in [6.45, 7) is 0. The quantitative estimate of drug-likeness (QED) is 0.862. The molecule has 6 heteroatoms. The van der Waals surface area contributed by atoms with E-state index in [1.54, 1.807) is 0 Å². The number of carboxylic acid groups (broad SMARTS) is 1. The predicted octanol–water partition coefficient (Wildman–Crippen LogP) is 2.96. The van der Waals surface area contributed by atoms with Gasteiger partial charge < -0.3 is 9.84 Å².